The predicted molar refractivity (Wildman–Crippen MR) is 146 cm³/mol. The lowest BCUT2D eigenvalue weighted by molar-refractivity contribution is -0.139. The van der Waals surface area contributed by atoms with Crippen LogP contribution < -0.4 is 10.1 Å². The number of fused-ring (bicyclic) bond motifs is 3. The van der Waals surface area contributed by atoms with Crippen molar-refractivity contribution in [2.24, 2.45) is 0 Å². The Morgan fingerprint density at radius 1 is 1.02 bits per heavy atom. The van der Waals surface area contributed by atoms with Crippen LogP contribution in [0.2, 0.25) is 0 Å². The first-order valence-electron chi connectivity index (χ1n) is 13.8. The fraction of sp³-hybridized carbons (Fsp3) is 0.500. The fourth-order valence-electron chi connectivity index (χ4n) is 5.81. The van der Waals surface area contributed by atoms with E-state index in [9.17, 15) is 18.0 Å². The highest BCUT2D eigenvalue weighted by atomic mass is 19.4. The number of aromatic nitrogens is 1. The molecule has 0 spiro atoms. The number of nitrogens with one attached hydrogen (secondary N) is 2. The molecule has 2 aliphatic rings. The van der Waals surface area contributed by atoms with Gasteiger partial charge in [0.2, 0.25) is 0 Å². The normalized spacial score (nSPS) is 17.1. The third-order valence-corrected chi connectivity index (χ3v) is 7.68. The number of halogens is 3. The Hall–Kier alpha value is -3.08. The Bertz CT molecular complexity index is 1280. The molecular weight excluding hydrogens is 525 g/mol. The van der Waals surface area contributed by atoms with E-state index in [4.69, 9.17) is 20.1 Å². The molecule has 0 saturated heterocycles. The number of carboxylic acids is 1. The van der Waals surface area contributed by atoms with Crippen molar-refractivity contribution in [3.05, 3.63) is 64.3 Å². The second-order valence-electron chi connectivity index (χ2n) is 10.4. The van der Waals surface area contributed by atoms with E-state index in [1.54, 1.807) is 18.2 Å². The van der Waals surface area contributed by atoms with Gasteiger partial charge in [-0.05, 0) is 72.6 Å². The molecule has 0 bridgehead atoms. The maximum absolute atomic E-state index is 13.7. The van der Waals surface area contributed by atoms with E-state index in [0.717, 1.165) is 60.7 Å². The topological polar surface area (TPSA) is 115 Å². The number of alkyl halides is 3. The van der Waals surface area contributed by atoms with Gasteiger partial charge in [-0.2, -0.15) is 13.2 Å². The van der Waals surface area contributed by atoms with E-state index in [1.165, 1.54) is 6.07 Å². The average molecular weight is 563 g/mol. The van der Waals surface area contributed by atoms with Crippen LogP contribution >= 0.6 is 0 Å². The van der Waals surface area contributed by atoms with Gasteiger partial charge in [-0.3, -0.25) is 4.79 Å². The number of carboxylic acid groups (broad SMARTS) is 1. The van der Waals surface area contributed by atoms with Gasteiger partial charge in [0.05, 0.1) is 25.2 Å². The van der Waals surface area contributed by atoms with E-state index < -0.39 is 17.7 Å². The van der Waals surface area contributed by atoms with Crippen LogP contribution in [0.1, 0.15) is 78.3 Å². The summed E-state index contributed by atoms with van der Waals surface area (Å²) in [6.07, 6.45) is 0.897. The zero-order valence-electron chi connectivity index (χ0n) is 22.4. The molecule has 40 heavy (non-hydrogen) atoms. The van der Waals surface area contributed by atoms with Crippen LogP contribution in [-0.4, -0.2) is 52.6 Å². The first-order chi connectivity index (χ1) is 19.2. The van der Waals surface area contributed by atoms with Crippen LogP contribution in [0.3, 0.4) is 0 Å². The van der Waals surface area contributed by atoms with Gasteiger partial charge in [0, 0.05) is 35.6 Å². The number of ether oxygens (including phenoxy) is 1. The van der Waals surface area contributed by atoms with E-state index in [0.29, 0.717) is 30.0 Å². The molecule has 1 heterocycles. The lowest BCUT2D eigenvalue weighted by Gasteiger charge is -2.19. The van der Waals surface area contributed by atoms with E-state index in [-0.39, 0.29) is 38.1 Å². The van der Waals surface area contributed by atoms with Gasteiger partial charge in [0.1, 0.15) is 12.4 Å². The van der Waals surface area contributed by atoms with Gasteiger partial charge < -0.3 is 30.4 Å². The highest BCUT2D eigenvalue weighted by molar-refractivity contribution is 5.87. The highest BCUT2D eigenvalue weighted by Crippen LogP contribution is 2.43. The van der Waals surface area contributed by atoms with Crippen molar-refractivity contribution in [3.63, 3.8) is 0 Å². The Morgan fingerprint density at radius 2 is 1.75 bits per heavy atom. The van der Waals surface area contributed by atoms with Crippen molar-refractivity contribution in [2.75, 3.05) is 26.3 Å². The Kier molecular flexibility index (Phi) is 10.1. The minimum Gasteiger partial charge on any atom is -0.489 e. The molecule has 2 aliphatic carbocycles. The number of rotatable bonds is 10. The molecule has 1 aromatic heterocycles. The monoisotopic (exact) mass is 562 g/mol. The molecular formula is C30H37F3N2O5. The van der Waals surface area contributed by atoms with Crippen molar-refractivity contribution in [1.82, 2.24) is 10.3 Å². The molecule has 5 rings (SSSR count). The second kappa shape index (κ2) is 13.5. The lowest BCUT2D eigenvalue weighted by atomic mass is 9.91. The summed E-state index contributed by atoms with van der Waals surface area (Å²) in [5, 5.41) is 29.2. The first-order valence-corrected chi connectivity index (χ1v) is 13.8. The van der Waals surface area contributed by atoms with Crippen LogP contribution in [0, 0.1) is 0 Å². The zero-order chi connectivity index (χ0) is 28.7. The summed E-state index contributed by atoms with van der Waals surface area (Å²) in [5.74, 6) is -0.264. The summed E-state index contributed by atoms with van der Waals surface area (Å²) in [6.45, 7) is 1.47. The van der Waals surface area contributed by atoms with E-state index in [2.05, 4.69) is 10.3 Å². The van der Waals surface area contributed by atoms with E-state index >= 15 is 0 Å². The quantitative estimate of drug-likeness (QED) is 0.209. The molecule has 218 valence electrons. The average Bonchev–Trinajstić information content (AvgIpc) is 3.66. The van der Waals surface area contributed by atoms with Gasteiger partial charge >= 0.3 is 12.1 Å². The standard InChI is InChI=1S/C26H26F3NO3.C4H11NO2/c27-26(28,29)22-11-15(5-8-19(22)16-3-1-2-4-16)14-33-18-7-10-23-21(13-18)20-9-6-17(12-24(31)32)25(20)30-23;6-3-1-5-2-4-7/h5,7-8,10-11,13,16-17,30H,1-4,6,9,12,14H2,(H,31,32);5-7H,1-4H2/t17-;/m1./s1. The molecule has 10 heteroatoms. The molecule has 0 radical (unpaired) electrons. The smallest absolute Gasteiger partial charge is 0.416 e. The molecule has 0 unspecified atom stereocenters. The van der Waals surface area contributed by atoms with Gasteiger partial charge in [0.15, 0.2) is 0 Å². The lowest BCUT2D eigenvalue weighted by Crippen LogP contribution is -2.21. The molecule has 1 atom stereocenters. The number of aliphatic hydroxyl groups excluding tert-OH is 2. The number of aromatic amines is 1. The zero-order valence-corrected chi connectivity index (χ0v) is 22.4. The largest absolute Gasteiger partial charge is 0.489 e. The molecule has 3 aromatic rings. The molecule has 5 N–H and O–H groups in total. The maximum Gasteiger partial charge on any atom is 0.416 e. The van der Waals surface area contributed by atoms with Crippen LogP contribution in [0.15, 0.2) is 36.4 Å². The Morgan fingerprint density at radius 3 is 2.40 bits per heavy atom. The molecule has 0 aliphatic heterocycles. The van der Waals surface area contributed by atoms with Crippen molar-refractivity contribution < 1.29 is 38.0 Å². The summed E-state index contributed by atoms with van der Waals surface area (Å²) in [6, 6.07) is 10.2. The summed E-state index contributed by atoms with van der Waals surface area (Å²) in [7, 11) is 0. The summed E-state index contributed by atoms with van der Waals surface area (Å²) < 4.78 is 47.1. The number of aliphatic carboxylic acids is 1. The van der Waals surface area contributed by atoms with Gasteiger partial charge in [-0.25, -0.2) is 0 Å². The molecule has 1 saturated carbocycles. The van der Waals surface area contributed by atoms with Crippen LogP contribution in [0.5, 0.6) is 5.75 Å². The molecule has 2 aromatic carbocycles. The number of carbonyl (C=O) groups is 1. The Balaban J connectivity index is 0.000000470. The summed E-state index contributed by atoms with van der Waals surface area (Å²) in [5.41, 5.74) is 3.36. The summed E-state index contributed by atoms with van der Waals surface area (Å²) >= 11 is 0. The first kappa shape index (κ1) is 29.9. The van der Waals surface area contributed by atoms with Gasteiger partial charge in [-0.1, -0.05) is 25.0 Å². The van der Waals surface area contributed by atoms with Crippen LogP contribution in [-0.2, 0) is 24.0 Å². The van der Waals surface area contributed by atoms with Crippen molar-refractivity contribution >= 4 is 16.9 Å². The fourth-order valence-corrected chi connectivity index (χ4v) is 5.81. The third-order valence-electron chi connectivity index (χ3n) is 7.68. The van der Waals surface area contributed by atoms with Gasteiger partial charge in [0.25, 0.3) is 0 Å². The molecule has 7 nitrogen and oxygen atoms in total. The van der Waals surface area contributed by atoms with E-state index in [1.807, 2.05) is 12.1 Å². The second-order valence-corrected chi connectivity index (χ2v) is 10.4. The third kappa shape index (κ3) is 7.35. The Labute approximate surface area is 231 Å². The number of aryl methyl sites for hydroxylation is 1. The highest BCUT2D eigenvalue weighted by Gasteiger charge is 2.36. The SMILES string of the molecule is O=C(O)C[C@H]1CCc2c1[nH]c1ccc(OCc3ccc(C4CCCC4)c(C(F)(F)F)c3)cc21.OCCNCCO. The minimum atomic E-state index is -4.38. The molecule has 1 fully saturated rings. The predicted octanol–water partition coefficient (Wildman–Crippen LogP) is 5.49. The summed E-state index contributed by atoms with van der Waals surface area (Å²) in [4.78, 5) is 14.5. The van der Waals surface area contributed by atoms with Crippen LogP contribution in [0.25, 0.3) is 10.9 Å². The minimum absolute atomic E-state index is 0.0142. The number of aliphatic hydroxyl groups is 2. The van der Waals surface area contributed by atoms with Crippen molar-refractivity contribution in [3.8, 4) is 5.75 Å². The number of hydrogen-bond donors (Lipinski definition) is 5. The van der Waals surface area contributed by atoms with Crippen molar-refractivity contribution in [1.29, 1.82) is 0 Å². The molecule has 0 amide bonds. The maximum atomic E-state index is 13.7. The number of benzene rings is 2. The number of hydrogen-bond acceptors (Lipinski definition) is 5. The van der Waals surface area contributed by atoms with Crippen LogP contribution in [0.4, 0.5) is 13.2 Å². The number of H-pyrrole nitrogens is 1. The van der Waals surface area contributed by atoms with Gasteiger partial charge in [-0.15, -0.1) is 0 Å². The van der Waals surface area contributed by atoms with Crippen molar-refractivity contribution in [2.45, 2.75) is 69.6 Å².